The minimum absolute atomic E-state index is 0.231. The van der Waals surface area contributed by atoms with Crippen molar-refractivity contribution in [2.24, 2.45) is 29.4 Å². The van der Waals surface area contributed by atoms with Gasteiger partial charge in [0.15, 0.2) is 0 Å². The van der Waals surface area contributed by atoms with Gasteiger partial charge in [-0.05, 0) is 69.1 Å². The van der Waals surface area contributed by atoms with Gasteiger partial charge in [-0.2, -0.15) is 0 Å². The maximum atomic E-state index is 6.10. The molecule has 1 aliphatic carbocycles. The fourth-order valence-electron chi connectivity index (χ4n) is 4.27. The summed E-state index contributed by atoms with van der Waals surface area (Å²) in [5.74, 6) is 2.84. The third-order valence-corrected chi connectivity index (χ3v) is 6.10. The van der Waals surface area contributed by atoms with Gasteiger partial charge >= 0.3 is 0 Å². The molecule has 26 heavy (non-hydrogen) atoms. The Balaban J connectivity index is 2.85. The number of hydrogen-bond donors (Lipinski definition) is 1. The van der Waals surface area contributed by atoms with E-state index in [2.05, 4.69) is 58.6 Å². The first-order chi connectivity index (χ1) is 12.5. The molecule has 5 unspecified atom stereocenters. The highest BCUT2D eigenvalue weighted by Gasteiger charge is 2.17. The summed E-state index contributed by atoms with van der Waals surface area (Å²) >= 11 is 0. The smallest absolute Gasteiger partial charge is 0.00191 e. The lowest BCUT2D eigenvalue weighted by molar-refractivity contribution is 0.334. The predicted molar refractivity (Wildman–Crippen MR) is 118 cm³/mol. The SMILES string of the molecule is C=CC(CC(C)N)C1=CC(C)CC(CCC(C)CC)CCCC=CCC1. The van der Waals surface area contributed by atoms with Crippen LogP contribution in [0.5, 0.6) is 0 Å². The molecule has 1 rings (SSSR count). The molecular formula is C25H45N. The number of nitrogens with two attached hydrogens (primary N) is 1. The monoisotopic (exact) mass is 359 g/mol. The summed E-state index contributed by atoms with van der Waals surface area (Å²) in [5, 5.41) is 0. The summed E-state index contributed by atoms with van der Waals surface area (Å²) in [6.45, 7) is 13.4. The van der Waals surface area contributed by atoms with E-state index in [1.165, 1.54) is 44.9 Å². The molecule has 0 aromatic heterocycles. The summed E-state index contributed by atoms with van der Waals surface area (Å²) in [7, 11) is 0. The van der Waals surface area contributed by atoms with Crippen molar-refractivity contribution in [3.8, 4) is 0 Å². The maximum Gasteiger partial charge on any atom is 0.00191 e. The number of hydrogen-bond acceptors (Lipinski definition) is 1. The molecule has 0 aliphatic heterocycles. The van der Waals surface area contributed by atoms with Crippen molar-refractivity contribution in [2.45, 2.75) is 97.9 Å². The second kappa shape index (κ2) is 13.4. The second-order valence-electron chi connectivity index (χ2n) is 8.91. The summed E-state index contributed by atoms with van der Waals surface area (Å²) in [6.07, 6.45) is 22.2. The van der Waals surface area contributed by atoms with Crippen LogP contribution < -0.4 is 5.73 Å². The fraction of sp³-hybridized carbons (Fsp3) is 0.760. The van der Waals surface area contributed by atoms with Gasteiger partial charge in [0.1, 0.15) is 0 Å². The molecule has 0 amide bonds. The van der Waals surface area contributed by atoms with Crippen molar-refractivity contribution < 1.29 is 0 Å². The van der Waals surface area contributed by atoms with Crippen molar-refractivity contribution in [1.82, 2.24) is 0 Å². The molecule has 0 aromatic carbocycles. The first-order valence-electron chi connectivity index (χ1n) is 11.2. The van der Waals surface area contributed by atoms with E-state index in [4.69, 9.17) is 5.73 Å². The molecule has 0 saturated carbocycles. The number of rotatable bonds is 8. The zero-order valence-corrected chi connectivity index (χ0v) is 18.1. The zero-order valence-electron chi connectivity index (χ0n) is 18.1. The largest absolute Gasteiger partial charge is 0.328 e. The topological polar surface area (TPSA) is 26.0 Å². The maximum absolute atomic E-state index is 6.10. The van der Waals surface area contributed by atoms with Crippen LogP contribution in [0.1, 0.15) is 91.9 Å². The molecule has 150 valence electrons. The Kier molecular flexibility index (Phi) is 11.9. The minimum atomic E-state index is 0.231. The van der Waals surface area contributed by atoms with Gasteiger partial charge in [-0.15, -0.1) is 6.58 Å². The normalized spacial score (nSPS) is 26.1. The van der Waals surface area contributed by atoms with Crippen LogP contribution in [0.4, 0.5) is 0 Å². The van der Waals surface area contributed by atoms with Crippen LogP contribution in [-0.2, 0) is 0 Å². The Morgan fingerprint density at radius 2 is 2.00 bits per heavy atom. The van der Waals surface area contributed by atoms with Gasteiger partial charge in [-0.3, -0.25) is 0 Å². The van der Waals surface area contributed by atoms with E-state index in [0.717, 1.165) is 31.1 Å². The minimum Gasteiger partial charge on any atom is -0.328 e. The molecule has 2 N–H and O–H groups in total. The molecule has 0 saturated heterocycles. The first-order valence-corrected chi connectivity index (χ1v) is 11.2. The molecule has 0 aromatic rings. The fourth-order valence-corrected chi connectivity index (χ4v) is 4.27. The quantitative estimate of drug-likeness (QED) is 0.448. The highest BCUT2D eigenvalue weighted by Crippen LogP contribution is 2.30. The molecule has 0 spiro atoms. The van der Waals surface area contributed by atoms with Gasteiger partial charge in [0.05, 0.1) is 0 Å². The van der Waals surface area contributed by atoms with Crippen molar-refractivity contribution in [3.63, 3.8) is 0 Å². The van der Waals surface area contributed by atoms with Crippen molar-refractivity contribution in [2.75, 3.05) is 0 Å². The molecule has 1 aliphatic rings. The summed E-state index contributed by atoms with van der Waals surface area (Å²) in [5.41, 5.74) is 7.66. The highest BCUT2D eigenvalue weighted by molar-refractivity contribution is 5.15. The Bertz CT molecular complexity index is 431. The summed E-state index contributed by atoms with van der Waals surface area (Å²) < 4.78 is 0. The van der Waals surface area contributed by atoms with Gasteiger partial charge in [-0.25, -0.2) is 0 Å². The molecule has 0 radical (unpaired) electrons. The zero-order chi connectivity index (χ0) is 19.4. The van der Waals surface area contributed by atoms with E-state index in [0.29, 0.717) is 11.8 Å². The van der Waals surface area contributed by atoms with Crippen LogP contribution in [0.3, 0.4) is 0 Å². The lowest BCUT2D eigenvalue weighted by Crippen LogP contribution is -2.20. The average molecular weight is 360 g/mol. The molecule has 1 heteroatoms. The highest BCUT2D eigenvalue weighted by atomic mass is 14.6. The lowest BCUT2D eigenvalue weighted by atomic mass is 9.82. The third kappa shape index (κ3) is 9.76. The Hall–Kier alpha value is -0.820. The molecular weight excluding hydrogens is 314 g/mol. The van der Waals surface area contributed by atoms with Crippen LogP contribution in [0.25, 0.3) is 0 Å². The van der Waals surface area contributed by atoms with Crippen molar-refractivity contribution in [3.05, 3.63) is 36.5 Å². The van der Waals surface area contributed by atoms with E-state index in [9.17, 15) is 0 Å². The van der Waals surface area contributed by atoms with Gasteiger partial charge in [-0.1, -0.05) is 76.3 Å². The van der Waals surface area contributed by atoms with Crippen LogP contribution in [0.2, 0.25) is 0 Å². The van der Waals surface area contributed by atoms with Gasteiger partial charge in [0.25, 0.3) is 0 Å². The first kappa shape index (κ1) is 23.2. The number of allylic oxidation sites excluding steroid dienone is 5. The van der Waals surface area contributed by atoms with Crippen molar-refractivity contribution in [1.29, 1.82) is 0 Å². The van der Waals surface area contributed by atoms with Crippen LogP contribution in [0.15, 0.2) is 36.5 Å². The molecule has 5 atom stereocenters. The van der Waals surface area contributed by atoms with E-state index < -0.39 is 0 Å². The molecule has 0 bridgehead atoms. The van der Waals surface area contributed by atoms with Gasteiger partial charge in [0.2, 0.25) is 0 Å². The van der Waals surface area contributed by atoms with E-state index in [1.807, 2.05) is 0 Å². The second-order valence-corrected chi connectivity index (χ2v) is 8.91. The van der Waals surface area contributed by atoms with E-state index in [1.54, 1.807) is 5.57 Å². The van der Waals surface area contributed by atoms with Crippen LogP contribution in [-0.4, -0.2) is 6.04 Å². The van der Waals surface area contributed by atoms with Crippen LogP contribution >= 0.6 is 0 Å². The molecule has 1 nitrogen and oxygen atoms in total. The van der Waals surface area contributed by atoms with Crippen molar-refractivity contribution >= 4 is 0 Å². The van der Waals surface area contributed by atoms with E-state index >= 15 is 0 Å². The standard InChI is InChI=1S/C25H45N/c1-6-20(3)15-16-23-13-11-9-8-10-12-14-25(18-21(4)17-23)24(7-2)19-22(5)26/h7-8,10,18,20-24H,2,6,9,11-17,19,26H2,1,3-5H3. The molecule has 0 heterocycles. The Morgan fingerprint density at radius 3 is 2.65 bits per heavy atom. The Morgan fingerprint density at radius 1 is 1.27 bits per heavy atom. The summed E-state index contributed by atoms with van der Waals surface area (Å²) in [6, 6.07) is 0.231. The lowest BCUT2D eigenvalue weighted by Gasteiger charge is -2.24. The van der Waals surface area contributed by atoms with E-state index in [-0.39, 0.29) is 6.04 Å². The molecule has 0 fully saturated rings. The third-order valence-electron chi connectivity index (χ3n) is 6.10. The predicted octanol–water partition coefficient (Wildman–Crippen LogP) is 7.44. The van der Waals surface area contributed by atoms with Crippen LogP contribution in [0, 0.1) is 23.7 Å². The average Bonchev–Trinajstić information content (AvgIpc) is 2.60. The van der Waals surface area contributed by atoms with Gasteiger partial charge < -0.3 is 5.73 Å². The Labute approximate surface area is 164 Å². The summed E-state index contributed by atoms with van der Waals surface area (Å²) in [4.78, 5) is 0. The van der Waals surface area contributed by atoms with Gasteiger partial charge in [0, 0.05) is 6.04 Å².